The zero-order valence-corrected chi connectivity index (χ0v) is 26.3. The molecule has 4 aliphatic rings. The maximum absolute atomic E-state index is 14.6. The predicted octanol–water partition coefficient (Wildman–Crippen LogP) is 8.13. The predicted molar refractivity (Wildman–Crippen MR) is 152 cm³/mol. The highest BCUT2D eigenvalue weighted by Gasteiger charge is 2.89. The van der Waals surface area contributed by atoms with Crippen molar-refractivity contribution in [3.8, 4) is 0 Å². The van der Waals surface area contributed by atoms with Crippen LogP contribution in [0.2, 0.25) is 0 Å². The summed E-state index contributed by atoms with van der Waals surface area (Å²) in [6.07, 6.45) is -2.00. The third kappa shape index (κ3) is 6.07. The first-order chi connectivity index (χ1) is 21.8. The third-order valence-electron chi connectivity index (χ3n) is 11.2. The molecule has 0 unspecified atom stereocenters. The molecule has 0 aromatic carbocycles. The first-order valence-corrected chi connectivity index (χ1v) is 15.7. The minimum atomic E-state index is -7.70. The first kappa shape index (κ1) is 38.5. The van der Waals surface area contributed by atoms with Crippen molar-refractivity contribution >= 4 is 5.78 Å². The van der Waals surface area contributed by atoms with E-state index in [4.69, 9.17) is 0 Å². The second-order valence-corrected chi connectivity index (χ2v) is 14.1. The van der Waals surface area contributed by atoms with E-state index >= 15 is 0 Å². The molecule has 48 heavy (non-hydrogen) atoms. The van der Waals surface area contributed by atoms with Crippen LogP contribution in [0.15, 0.2) is 47.6 Å². The summed E-state index contributed by atoms with van der Waals surface area (Å²) >= 11 is 0. The Morgan fingerprint density at radius 2 is 1.50 bits per heavy atom. The molecule has 0 amide bonds. The van der Waals surface area contributed by atoms with Gasteiger partial charge in [0.15, 0.2) is 0 Å². The minimum Gasteiger partial charge on any atom is -0.393 e. The summed E-state index contributed by atoms with van der Waals surface area (Å²) < 4.78 is 149. The summed E-state index contributed by atoms with van der Waals surface area (Å²) in [5.41, 5.74) is -0.634. The van der Waals surface area contributed by atoms with E-state index in [1.165, 1.54) is 6.08 Å². The van der Waals surface area contributed by atoms with Gasteiger partial charge in [0.25, 0.3) is 0 Å². The van der Waals surface area contributed by atoms with Crippen LogP contribution in [0, 0.1) is 28.6 Å². The average molecular weight is 709 g/mol. The van der Waals surface area contributed by atoms with E-state index in [2.05, 4.69) is 13.5 Å². The zero-order valence-electron chi connectivity index (χ0n) is 26.3. The van der Waals surface area contributed by atoms with E-state index in [0.29, 0.717) is 18.4 Å². The Hall–Kier alpha value is -2.26. The summed E-state index contributed by atoms with van der Waals surface area (Å²) in [5.74, 6) is -32.8. The summed E-state index contributed by atoms with van der Waals surface area (Å²) in [4.78, 5) is 12.5. The summed E-state index contributed by atoms with van der Waals surface area (Å²) in [6, 6.07) is 0. The highest BCUT2D eigenvalue weighted by atomic mass is 19.4. The van der Waals surface area contributed by atoms with Gasteiger partial charge in [-0.2, -0.15) is 48.3 Å². The van der Waals surface area contributed by atoms with Gasteiger partial charge in [-0.15, -0.1) is 0 Å². The number of carbonyl (C=O) groups excluding carboxylic acids is 1. The quantitative estimate of drug-likeness (QED) is 0.158. The Bertz CT molecular complexity index is 1360. The van der Waals surface area contributed by atoms with Crippen LogP contribution in [-0.2, 0) is 4.79 Å². The number of allylic oxidation sites excluding steroid dienone is 4. The number of hydrogen-bond acceptors (Lipinski definition) is 4. The largest absolute Gasteiger partial charge is 0.460 e. The van der Waals surface area contributed by atoms with Crippen molar-refractivity contribution in [2.75, 3.05) is 0 Å². The smallest absolute Gasteiger partial charge is 0.393 e. The molecule has 4 fully saturated rings. The van der Waals surface area contributed by atoms with Crippen LogP contribution < -0.4 is 0 Å². The minimum absolute atomic E-state index is 0.0458. The van der Waals surface area contributed by atoms with Crippen molar-refractivity contribution in [3.05, 3.63) is 47.6 Å². The van der Waals surface area contributed by atoms with E-state index in [1.807, 2.05) is 12.2 Å². The molecule has 0 aliphatic heterocycles. The lowest BCUT2D eigenvalue weighted by Crippen LogP contribution is -2.69. The molecular formula is C33H39F11O4. The number of ketones is 1. The molecule has 0 spiro atoms. The van der Waals surface area contributed by atoms with Crippen LogP contribution in [0.1, 0.15) is 71.6 Å². The normalized spacial score (nSPS) is 33.3. The summed E-state index contributed by atoms with van der Waals surface area (Å²) in [5, 5.41) is 30.9. The monoisotopic (exact) mass is 708 g/mol. The van der Waals surface area contributed by atoms with Gasteiger partial charge in [-0.1, -0.05) is 50.3 Å². The molecular weight excluding hydrogens is 669 g/mol. The Balaban J connectivity index is 1.50. The SMILES string of the molecule is C=C1/C(=C\C=C2/CCC[C@]3(C)[C@@H]([C@H](C)/C=C/[C@H](O)C4(C(=O)C(F)(F)C(F)(F)C(F)(F)C(F)(F)C(F)(F)F)CC4)CC[C@@H]23)C[C@@H](O)C[C@@H]1O. The van der Waals surface area contributed by atoms with Gasteiger partial charge in [-0.3, -0.25) is 4.79 Å². The lowest BCUT2D eigenvalue weighted by Gasteiger charge is -2.44. The Morgan fingerprint density at radius 1 is 0.896 bits per heavy atom. The zero-order chi connectivity index (χ0) is 36.5. The number of hydrogen-bond donors (Lipinski definition) is 3. The molecule has 7 atom stereocenters. The number of fused-ring (bicyclic) bond motifs is 1. The van der Waals surface area contributed by atoms with Crippen LogP contribution in [0.3, 0.4) is 0 Å². The molecule has 0 aromatic rings. The van der Waals surface area contributed by atoms with Crippen molar-refractivity contribution in [2.45, 2.75) is 120 Å². The van der Waals surface area contributed by atoms with Gasteiger partial charge >= 0.3 is 29.9 Å². The van der Waals surface area contributed by atoms with E-state index in [9.17, 15) is 68.4 Å². The molecule has 4 nitrogen and oxygen atoms in total. The maximum atomic E-state index is 14.6. The van der Waals surface area contributed by atoms with Gasteiger partial charge in [0.05, 0.1) is 23.7 Å². The molecule has 0 aromatic heterocycles. The highest BCUT2D eigenvalue weighted by molar-refractivity contribution is 5.95. The number of rotatable bonds is 10. The molecule has 4 aliphatic carbocycles. The van der Waals surface area contributed by atoms with E-state index in [0.717, 1.165) is 42.9 Å². The number of halogens is 11. The summed E-state index contributed by atoms with van der Waals surface area (Å²) in [7, 11) is 0. The van der Waals surface area contributed by atoms with Crippen LogP contribution in [-0.4, -0.2) is 69.3 Å². The van der Waals surface area contributed by atoms with Crippen molar-refractivity contribution in [1.82, 2.24) is 0 Å². The van der Waals surface area contributed by atoms with Crippen LogP contribution in [0.5, 0.6) is 0 Å². The second kappa shape index (κ2) is 12.5. The van der Waals surface area contributed by atoms with Crippen molar-refractivity contribution in [1.29, 1.82) is 0 Å². The number of Topliss-reactive ketones (excluding diaryl/α,β-unsaturated/α-hetero) is 1. The molecule has 272 valence electrons. The highest BCUT2D eigenvalue weighted by Crippen LogP contribution is 2.62. The van der Waals surface area contributed by atoms with E-state index < -0.39 is 72.2 Å². The molecule has 0 heterocycles. The van der Waals surface area contributed by atoms with Crippen molar-refractivity contribution < 1.29 is 68.4 Å². The number of aliphatic hydroxyl groups excluding tert-OH is 3. The second-order valence-electron chi connectivity index (χ2n) is 14.1. The molecule has 0 bridgehead atoms. The third-order valence-corrected chi connectivity index (χ3v) is 11.2. The lowest BCUT2D eigenvalue weighted by atomic mass is 9.61. The Kier molecular flexibility index (Phi) is 10.0. The van der Waals surface area contributed by atoms with Gasteiger partial charge < -0.3 is 15.3 Å². The van der Waals surface area contributed by atoms with Crippen LogP contribution >= 0.6 is 0 Å². The molecule has 0 radical (unpaired) electrons. The van der Waals surface area contributed by atoms with Gasteiger partial charge in [-0.05, 0) is 85.7 Å². The standard InChI is InChI=1S/C33H39F11O4/c1-17(22-9-10-23-19(5-4-12-27(22,23)3)7-8-20-15-21(45)16-24(46)18(20)2)6-11-25(47)28(13-14-28)26(48)29(34,35)30(36,37)31(38,39)32(40,41)33(42,43)44/h6-8,11,17,21-25,45-47H,2,4-5,9-10,12-16H2,1,3H3/b11-6+,19-7+,20-8-/t17-,21-,22-,23+,24+,25+,27-/m1/s1. The van der Waals surface area contributed by atoms with Gasteiger partial charge in [0.2, 0.25) is 5.78 Å². The van der Waals surface area contributed by atoms with Crippen molar-refractivity contribution in [2.24, 2.45) is 28.6 Å². The topological polar surface area (TPSA) is 77.8 Å². The first-order valence-electron chi connectivity index (χ1n) is 15.7. The van der Waals surface area contributed by atoms with Crippen LogP contribution in [0.4, 0.5) is 48.3 Å². The molecule has 4 saturated carbocycles. The summed E-state index contributed by atoms with van der Waals surface area (Å²) in [6.45, 7) is 7.75. The van der Waals surface area contributed by atoms with Gasteiger partial charge in [0.1, 0.15) is 0 Å². The Labute approximate surface area is 270 Å². The lowest BCUT2D eigenvalue weighted by molar-refractivity contribution is -0.417. The Morgan fingerprint density at radius 3 is 2.06 bits per heavy atom. The molecule has 15 heteroatoms. The molecule has 4 rings (SSSR count). The number of carbonyl (C=O) groups is 1. The number of alkyl halides is 11. The number of aliphatic hydroxyl groups is 3. The van der Waals surface area contributed by atoms with Gasteiger partial charge in [-0.25, -0.2) is 0 Å². The van der Waals surface area contributed by atoms with Gasteiger partial charge in [0, 0.05) is 6.42 Å². The fourth-order valence-corrected chi connectivity index (χ4v) is 8.03. The fraction of sp³-hybridized carbons (Fsp3) is 0.727. The van der Waals surface area contributed by atoms with Crippen molar-refractivity contribution in [3.63, 3.8) is 0 Å². The van der Waals surface area contributed by atoms with E-state index in [-0.39, 0.29) is 29.6 Å². The molecule has 3 N–H and O–H groups in total. The van der Waals surface area contributed by atoms with Crippen LogP contribution in [0.25, 0.3) is 0 Å². The van der Waals surface area contributed by atoms with E-state index in [1.54, 1.807) is 6.92 Å². The average Bonchev–Trinajstić information content (AvgIpc) is 3.71. The molecule has 0 saturated heterocycles. The maximum Gasteiger partial charge on any atom is 0.460 e. The fourth-order valence-electron chi connectivity index (χ4n) is 8.03.